The number of ether oxygens (including phenoxy) is 2. The normalized spacial score (nSPS) is 15.6. The zero-order valence-electron chi connectivity index (χ0n) is 10.6. The fourth-order valence-corrected chi connectivity index (χ4v) is 2.64. The third kappa shape index (κ3) is 4.04. The first-order valence-electron chi connectivity index (χ1n) is 6.24. The van der Waals surface area contributed by atoms with E-state index in [1.54, 1.807) is 11.8 Å². The van der Waals surface area contributed by atoms with Crippen LogP contribution in [-0.4, -0.2) is 30.9 Å². The van der Waals surface area contributed by atoms with Crippen LogP contribution in [-0.2, 0) is 4.79 Å². The van der Waals surface area contributed by atoms with Crippen LogP contribution in [0.4, 0.5) is 0 Å². The van der Waals surface area contributed by atoms with E-state index in [2.05, 4.69) is 0 Å². The van der Waals surface area contributed by atoms with Crippen LogP contribution in [0.5, 0.6) is 11.5 Å². The third-order valence-corrected chi connectivity index (χ3v) is 3.81. The molecule has 1 atom stereocenters. The van der Waals surface area contributed by atoms with Gasteiger partial charge in [-0.15, -0.1) is 11.8 Å². The lowest BCUT2D eigenvalue weighted by molar-refractivity contribution is -0.119. The van der Waals surface area contributed by atoms with Gasteiger partial charge in [0.05, 0.1) is 19.3 Å². The van der Waals surface area contributed by atoms with Crippen LogP contribution in [0.2, 0.25) is 0 Å². The lowest BCUT2D eigenvalue weighted by Crippen LogP contribution is -2.36. The van der Waals surface area contributed by atoms with E-state index in [0.29, 0.717) is 19.6 Å². The van der Waals surface area contributed by atoms with Crippen LogP contribution in [0.3, 0.4) is 0 Å². The minimum Gasteiger partial charge on any atom is -0.490 e. The first-order valence-corrected chi connectivity index (χ1v) is 7.23. The Labute approximate surface area is 116 Å². The van der Waals surface area contributed by atoms with E-state index >= 15 is 0 Å². The van der Waals surface area contributed by atoms with E-state index in [4.69, 9.17) is 20.9 Å². The van der Waals surface area contributed by atoms with Crippen molar-refractivity contribution in [3.05, 3.63) is 18.2 Å². The standard InChI is InChI=1S/C13H18N2O3S/c14-10(13(15)16)4-7-19-9-2-3-11-12(8-9)18-6-1-5-17-11/h2-3,8,10H,1,4-7,14H2,(H2,15,16). The Kier molecular flexibility index (Phi) is 4.93. The van der Waals surface area contributed by atoms with Crippen LogP contribution in [0.1, 0.15) is 12.8 Å². The summed E-state index contributed by atoms with van der Waals surface area (Å²) in [7, 11) is 0. The molecule has 1 amide bonds. The molecule has 1 aliphatic heterocycles. The highest BCUT2D eigenvalue weighted by Gasteiger charge is 2.12. The Morgan fingerprint density at radius 1 is 1.32 bits per heavy atom. The molecule has 0 radical (unpaired) electrons. The summed E-state index contributed by atoms with van der Waals surface area (Å²) in [6.45, 7) is 1.36. The molecule has 2 rings (SSSR count). The third-order valence-electron chi connectivity index (χ3n) is 2.78. The smallest absolute Gasteiger partial charge is 0.234 e. The van der Waals surface area contributed by atoms with E-state index < -0.39 is 11.9 Å². The largest absolute Gasteiger partial charge is 0.490 e. The van der Waals surface area contributed by atoms with Gasteiger partial charge in [-0.3, -0.25) is 4.79 Å². The Bertz CT molecular complexity index is 454. The van der Waals surface area contributed by atoms with Gasteiger partial charge in [-0.2, -0.15) is 0 Å². The Balaban J connectivity index is 1.91. The van der Waals surface area contributed by atoms with Gasteiger partial charge in [0.1, 0.15) is 0 Å². The zero-order chi connectivity index (χ0) is 13.7. The molecule has 0 bridgehead atoms. The summed E-state index contributed by atoms with van der Waals surface area (Å²) in [5.41, 5.74) is 10.7. The highest BCUT2D eigenvalue weighted by Crippen LogP contribution is 2.34. The van der Waals surface area contributed by atoms with Gasteiger partial charge in [0.2, 0.25) is 5.91 Å². The Morgan fingerprint density at radius 3 is 2.79 bits per heavy atom. The first-order chi connectivity index (χ1) is 9.16. The minimum absolute atomic E-state index is 0.459. The van der Waals surface area contributed by atoms with Crippen LogP contribution in [0.25, 0.3) is 0 Å². The second kappa shape index (κ2) is 6.68. The molecule has 104 valence electrons. The maximum atomic E-state index is 10.8. The van der Waals surface area contributed by atoms with Gasteiger partial charge < -0.3 is 20.9 Å². The van der Waals surface area contributed by atoms with Gasteiger partial charge >= 0.3 is 0 Å². The quantitative estimate of drug-likeness (QED) is 0.791. The number of hydrogen-bond acceptors (Lipinski definition) is 5. The highest BCUT2D eigenvalue weighted by molar-refractivity contribution is 7.99. The average molecular weight is 282 g/mol. The van der Waals surface area contributed by atoms with Crippen molar-refractivity contribution in [1.29, 1.82) is 0 Å². The summed E-state index contributed by atoms with van der Waals surface area (Å²) in [4.78, 5) is 11.9. The fraction of sp³-hybridized carbons (Fsp3) is 0.462. The molecule has 6 heteroatoms. The monoisotopic (exact) mass is 282 g/mol. The first kappa shape index (κ1) is 14.0. The molecule has 0 spiro atoms. The maximum Gasteiger partial charge on any atom is 0.234 e. The molecular weight excluding hydrogens is 264 g/mol. The number of benzene rings is 1. The number of rotatable bonds is 5. The zero-order valence-corrected chi connectivity index (χ0v) is 11.4. The van der Waals surface area contributed by atoms with Gasteiger partial charge in [-0.05, 0) is 30.4 Å². The van der Waals surface area contributed by atoms with E-state index in [1.165, 1.54) is 0 Å². The van der Waals surface area contributed by atoms with Gasteiger partial charge in [-0.1, -0.05) is 0 Å². The molecule has 0 fully saturated rings. The molecule has 5 nitrogen and oxygen atoms in total. The molecule has 1 heterocycles. The minimum atomic E-state index is -0.576. The number of primary amides is 1. The SMILES string of the molecule is NC(=O)C(N)CCSc1ccc2c(c1)OCCCO2. The molecule has 0 saturated carbocycles. The Morgan fingerprint density at radius 2 is 2.05 bits per heavy atom. The second-order valence-electron chi connectivity index (χ2n) is 4.31. The number of thioether (sulfide) groups is 1. The lowest BCUT2D eigenvalue weighted by atomic mass is 10.2. The summed E-state index contributed by atoms with van der Waals surface area (Å²) in [5, 5.41) is 0. The molecule has 1 aromatic carbocycles. The van der Waals surface area contributed by atoms with Crippen molar-refractivity contribution in [3.8, 4) is 11.5 Å². The van der Waals surface area contributed by atoms with E-state index in [-0.39, 0.29) is 0 Å². The number of carbonyl (C=O) groups excluding carboxylic acids is 1. The average Bonchev–Trinajstić information content (AvgIpc) is 2.63. The van der Waals surface area contributed by atoms with Gasteiger partial charge in [0.15, 0.2) is 11.5 Å². The second-order valence-corrected chi connectivity index (χ2v) is 5.47. The predicted molar refractivity (Wildman–Crippen MR) is 74.6 cm³/mol. The van der Waals surface area contributed by atoms with E-state index in [9.17, 15) is 4.79 Å². The molecule has 19 heavy (non-hydrogen) atoms. The highest BCUT2D eigenvalue weighted by atomic mass is 32.2. The van der Waals surface area contributed by atoms with Crippen molar-refractivity contribution in [2.75, 3.05) is 19.0 Å². The van der Waals surface area contributed by atoms with E-state index in [1.807, 2.05) is 18.2 Å². The molecule has 0 aliphatic carbocycles. The molecule has 0 aromatic heterocycles. The number of nitrogens with two attached hydrogens (primary N) is 2. The van der Waals surface area contributed by atoms with Crippen LogP contribution in [0, 0.1) is 0 Å². The summed E-state index contributed by atoms with van der Waals surface area (Å²) < 4.78 is 11.2. The van der Waals surface area contributed by atoms with Crippen LogP contribution < -0.4 is 20.9 Å². The number of fused-ring (bicyclic) bond motifs is 1. The fourth-order valence-electron chi connectivity index (χ4n) is 1.68. The van der Waals surface area contributed by atoms with Crippen molar-refractivity contribution in [1.82, 2.24) is 0 Å². The van der Waals surface area contributed by atoms with E-state index in [0.717, 1.165) is 28.6 Å². The summed E-state index contributed by atoms with van der Waals surface area (Å²) in [6.07, 6.45) is 1.46. The van der Waals surface area contributed by atoms with Crippen molar-refractivity contribution in [3.63, 3.8) is 0 Å². The van der Waals surface area contributed by atoms with Gasteiger partial charge in [-0.25, -0.2) is 0 Å². The van der Waals surface area contributed by atoms with Gasteiger partial charge in [0.25, 0.3) is 0 Å². The molecule has 4 N–H and O–H groups in total. The Hall–Kier alpha value is -1.40. The summed E-state index contributed by atoms with van der Waals surface area (Å²) in [6, 6.07) is 5.28. The van der Waals surface area contributed by atoms with Crippen LogP contribution in [0.15, 0.2) is 23.1 Å². The number of carbonyl (C=O) groups is 1. The van der Waals surface area contributed by atoms with Gasteiger partial charge in [0, 0.05) is 11.3 Å². The van der Waals surface area contributed by atoms with Crippen molar-refractivity contribution >= 4 is 17.7 Å². The molecule has 1 aromatic rings. The molecule has 1 aliphatic rings. The number of hydrogen-bond donors (Lipinski definition) is 2. The van der Waals surface area contributed by atoms with Crippen LogP contribution >= 0.6 is 11.8 Å². The molecule has 0 saturated heterocycles. The predicted octanol–water partition coefficient (Wildman–Crippen LogP) is 1.14. The summed E-state index contributed by atoms with van der Waals surface area (Å²) >= 11 is 1.62. The van der Waals surface area contributed by atoms with Crippen molar-refractivity contribution in [2.45, 2.75) is 23.8 Å². The molecule has 1 unspecified atom stereocenters. The van der Waals surface area contributed by atoms with Crippen molar-refractivity contribution in [2.24, 2.45) is 11.5 Å². The number of amides is 1. The lowest BCUT2D eigenvalue weighted by Gasteiger charge is -2.10. The summed E-state index contributed by atoms with van der Waals surface area (Å²) in [5.74, 6) is 1.85. The van der Waals surface area contributed by atoms with Crippen molar-refractivity contribution < 1.29 is 14.3 Å². The maximum absolute atomic E-state index is 10.8. The molecular formula is C13H18N2O3S. The topological polar surface area (TPSA) is 87.6 Å².